The highest BCUT2D eigenvalue weighted by Crippen LogP contribution is 2.25. The van der Waals surface area contributed by atoms with Crippen molar-refractivity contribution in [3.05, 3.63) is 53.5 Å². The van der Waals surface area contributed by atoms with E-state index in [0.29, 0.717) is 16.8 Å². The predicted molar refractivity (Wildman–Crippen MR) is 59.2 cm³/mol. The van der Waals surface area contributed by atoms with E-state index in [2.05, 4.69) is 4.98 Å². The van der Waals surface area contributed by atoms with Crippen LogP contribution in [0.2, 0.25) is 0 Å². The Morgan fingerprint density at radius 1 is 1.25 bits per heavy atom. The van der Waals surface area contributed by atoms with Crippen LogP contribution in [-0.4, -0.2) is 4.98 Å². The molecule has 0 unspecified atom stereocenters. The first-order valence-corrected chi connectivity index (χ1v) is 4.98. The van der Waals surface area contributed by atoms with Gasteiger partial charge in [-0.3, -0.25) is 4.98 Å². The lowest BCUT2D eigenvalue weighted by molar-refractivity contribution is 0.481. The van der Waals surface area contributed by atoms with Crippen molar-refractivity contribution >= 4 is 0 Å². The van der Waals surface area contributed by atoms with Crippen LogP contribution in [0.15, 0.2) is 36.5 Å². The van der Waals surface area contributed by atoms with Gasteiger partial charge in [0, 0.05) is 11.8 Å². The fourth-order valence-electron chi connectivity index (χ4n) is 1.66. The Morgan fingerprint density at radius 3 is 2.69 bits per heavy atom. The van der Waals surface area contributed by atoms with Crippen LogP contribution in [-0.2, 0) is 6.67 Å². The average molecular weight is 219 g/mol. The highest BCUT2D eigenvalue weighted by molar-refractivity contribution is 5.64. The Bertz CT molecular complexity index is 495. The number of nitrogens with zero attached hydrogens (tertiary/aromatic N) is 1. The second-order valence-corrected chi connectivity index (χ2v) is 3.59. The van der Waals surface area contributed by atoms with Gasteiger partial charge in [-0.1, -0.05) is 6.07 Å². The molecule has 1 aromatic carbocycles. The molecule has 1 heterocycles. The van der Waals surface area contributed by atoms with E-state index in [1.807, 2.05) is 6.07 Å². The number of aromatic nitrogens is 1. The molecule has 0 spiro atoms. The average Bonchev–Trinajstić information content (AvgIpc) is 2.33. The number of hydrogen-bond donors (Lipinski definition) is 0. The minimum absolute atomic E-state index is 0.376. The van der Waals surface area contributed by atoms with E-state index in [9.17, 15) is 8.78 Å². The summed E-state index contributed by atoms with van der Waals surface area (Å²) in [7, 11) is 0. The Morgan fingerprint density at radius 2 is 2.06 bits per heavy atom. The van der Waals surface area contributed by atoms with Crippen LogP contribution in [0.3, 0.4) is 0 Å². The van der Waals surface area contributed by atoms with E-state index in [-0.39, 0.29) is 0 Å². The molecule has 0 saturated carbocycles. The smallest absolute Gasteiger partial charge is 0.124 e. The third kappa shape index (κ3) is 1.94. The molecule has 0 amide bonds. The minimum atomic E-state index is -0.663. The first-order chi connectivity index (χ1) is 7.72. The van der Waals surface area contributed by atoms with Gasteiger partial charge in [0.2, 0.25) is 0 Å². The molecule has 0 aliphatic heterocycles. The molecule has 0 saturated heterocycles. The van der Waals surface area contributed by atoms with E-state index in [1.165, 1.54) is 12.1 Å². The third-order valence-electron chi connectivity index (χ3n) is 2.56. The maximum Gasteiger partial charge on any atom is 0.124 e. The van der Waals surface area contributed by atoms with E-state index in [0.717, 1.165) is 5.56 Å². The first-order valence-electron chi connectivity index (χ1n) is 4.98. The zero-order valence-corrected chi connectivity index (χ0v) is 8.87. The molecular weight excluding hydrogens is 208 g/mol. The first kappa shape index (κ1) is 10.7. The summed E-state index contributed by atoms with van der Waals surface area (Å²) in [6.07, 6.45) is 1.63. The maximum atomic E-state index is 13.3. The van der Waals surface area contributed by atoms with Gasteiger partial charge in [-0.25, -0.2) is 8.78 Å². The van der Waals surface area contributed by atoms with Gasteiger partial charge in [0.15, 0.2) is 0 Å². The number of rotatable bonds is 2. The van der Waals surface area contributed by atoms with E-state index < -0.39 is 12.5 Å². The van der Waals surface area contributed by atoms with Crippen molar-refractivity contribution in [3.8, 4) is 11.3 Å². The monoisotopic (exact) mass is 219 g/mol. The van der Waals surface area contributed by atoms with E-state index >= 15 is 0 Å². The Labute approximate surface area is 92.8 Å². The molecule has 1 nitrogen and oxygen atoms in total. The van der Waals surface area contributed by atoms with Gasteiger partial charge < -0.3 is 0 Å². The van der Waals surface area contributed by atoms with Gasteiger partial charge in [-0.2, -0.15) is 0 Å². The number of hydrogen-bond acceptors (Lipinski definition) is 1. The van der Waals surface area contributed by atoms with Crippen LogP contribution in [0.4, 0.5) is 8.78 Å². The standard InChI is InChI=1S/C13H11F2N/c1-9-10(8-14)6-11(15)7-12(9)13-4-2-3-5-16-13/h2-7H,8H2,1H3. The lowest BCUT2D eigenvalue weighted by Gasteiger charge is -2.09. The molecule has 82 valence electrons. The van der Waals surface area contributed by atoms with Crippen molar-refractivity contribution in [2.75, 3.05) is 0 Å². The third-order valence-corrected chi connectivity index (χ3v) is 2.56. The largest absolute Gasteiger partial charge is 0.256 e. The predicted octanol–water partition coefficient (Wildman–Crippen LogP) is 3.67. The summed E-state index contributed by atoms with van der Waals surface area (Å²) in [5, 5.41) is 0. The Balaban J connectivity index is 2.61. The van der Waals surface area contributed by atoms with Crippen molar-refractivity contribution in [3.63, 3.8) is 0 Å². The van der Waals surface area contributed by atoms with Crippen molar-refractivity contribution in [1.29, 1.82) is 0 Å². The molecule has 3 heteroatoms. The summed E-state index contributed by atoms with van der Waals surface area (Å²) in [5.74, 6) is -0.432. The molecule has 0 radical (unpaired) electrons. The highest BCUT2D eigenvalue weighted by atomic mass is 19.1. The lowest BCUT2D eigenvalue weighted by Crippen LogP contribution is -1.94. The number of pyridine rings is 1. The molecule has 1 aromatic heterocycles. The van der Waals surface area contributed by atoms with Crippen LogP contribution in [0.1, 0.15) is 11.1 Å². The number of benzene rings is 1. The van der Waals surface area contributed by atoms with Crippen molar-refractivity contribution < 1.29 is 8.78 Å². The van der Waals surface area contributed by atoms with Gasteiger partial charge in [0.25, 0.3) is 0 Å². The summed E-state index contributed by atoms with van der Waals surface area (Å²) in [5.41, 5.74) is 2.42. The SMILES string of the molecule is Cc1c(CF)cc(F)cc1-c1ccccn1. The molecule has 0 aliphatic rings. The quantitative estimate of drug-likeness (QED) is 0.751. The fourth-order valence-corrected chi connectivity index (χ4v) is 1.66. The minimum Gasteiger partial charge on any atom is -0.256 e. The molecule has 0 atom stereocenters. The van der Waals surface area contributed by atoms with Gasteiger partial charge in [-0.15, -0.1) is 0 Å². The normalized spacial score (nSPS) is 10.4. The second kappa shape index (κ2) is 4.39. The fraction of sp³-hybridized carbons (Fsp3) is 0.154. The second-order valence-electron chi connectivity index (χ2n) is 3.59. The molecule has 0 bridgehead atoms. The number of halogens is 2. The summed E-state index contributed by atoms with van der Waals surface area (Å²) >= 11 is 0. The zero-order chi connectivity index (χ0) is 11.5. The Kier molecular flexibility index (Phi) is 2.95. The zero-order valence-electron chi connectivity index (χ0n) is 8.87. The molecule has 0 fully saturated rings. The van der Waals surface area contributed by atoms with E-state index in [1.54, 1.807) is 25.3 Å². The lowest BCUT2D eigenvalue weighted by atomic mass is 10.00. The van der Waals surface area contributed by atoms with Gasteiger partial charge in [0.1, 0.15) is 12.5 Å². The molecular formula is C13H11F2N. The van der Waals surface area contributed by atoms with Crippen molar-refractivity contribution in [2.24, 2.45) is 0 Å². The van der Waals surface area contributed by atoms with Crippen molar-refractivity contribution in [2.45, 2.75) is 13.6 Å². The topological polar surface area (TPSA) is 12.9 Å². The van der Waals surface area contributed by atoms with Crippen LogP contribution >= 0.6 is 0 Å². The summed E-state index contributed by atoms with van der Waals surface area (Å²) < 4.78 is 26.0. The van der Waals surface area contributed by atoms with Gasteiger partial charge >= 0.3 is 0 Å². The van der Waals surface area contributed by atoms with Crippen LogP contribution in [0, 0.1) is 12.7 Å². The molecule has 2 rings (SSSR count). The molecule has 16 heavy (non-hydrogen) atoms. The summed E-state index contributed by atoms with van der Waals surface area (Å²) in [6.45, 7) is 1.11. The Hall–Kier alpha value is -1.77. The maximum absolute atomic E-state index is 13.3. The van der Waals surface area contributed by atoms with Crippen LogP contribution in [0.25, 0.3) is 11.3 Å². The van der Waals surface area contributed by atoms with Crippen molar-refractivity contribution in [1.82, 2.24) is 4.98 Å². The number of alkyl halides is 1. The van der Waals surface area contributed by atoms with E-state index in [4.69, 9.17) is 0 Å². The van der Waals surface area contributed by atoms with Crippen LogP contribution in [0.5, 0.6) is 0 Å². The molecule has 0 N–H and O–H groups in total. The van der Waals surface area contributed by atoms with Gasteiger partial charge in [0.05, 0.1) is 5.69 Å². The highest BCUT2D eigenvalue weighted by Gasteiger charge is 2.09. The van der Waals surface area contributed by atoms with Crippen LogP contribution < -0.4 is 0 Å². The molecule has 0 aliphatic carbocycles. The van der Waals surface area contributed by atoms with Gasteiger partial charge in [-0.05, 0) is 42.3 Å². The summed E-state index contributed by atoms with van der Waals surface area (Å²) in [6, 6.07) is 8.00. The summed E-state index contributed by atoms with van der Waals surface area (Å²) in [4.78, 5) is 4.14. The molecule has 2 aromatic rings.